The molecular formula is C89H142O16P2. The number of hydrogen-bond acceptors (Lipinski definition) is 14. The third-order valence-corrected chi connectivity index (χ3v) is 17.9. The van der Waals surface area contributed by atoms with E-state index in [4.69, 9.17) is 32.3 Å². The maximum atomic E-state index is 13.0. The van der Waals surface area contributed by atoms with Gasteiger partial charge in [0.2, 0.25) is 0 Å². The van der Waals surface area contributed by atoms with Crippen molar-refractivity contribution in [2.75, 3.05) is 39.6 Å². The van der Waals surface area contributed by atoms with E-state index in [1.165, 1.54) is 77.0 Å². The molecule has 0 fully saturated rings. The largest absolute Gasteiger partial charge is 0.472 e. The molecule has 107 heavy (non-hydrogen) atoms. The topological polar surface area (TPSA) is 231 Å². The number of aliphatic hydroxyl groups is 2. The lowest BCUT2D eigenvalue weighted by molar-refractivity contribution is -0.161. The predicted octanol–water partition coefficient (Wildman–Crippen LogP) is 24.1. The number of unbranched alkanes of at least 4 members (excludes halogenated alkanes) is 17. The zero-order valence-electron chi connectivity index (χ0n) is 66.0. The number of carbonyl (C=O) groups excluding carboxylic acids is 3. The molecule has 0 heterocycles. The Morgan fingerprint density at radius 3 is 0.794 bits per heavy atom. The number of aliphatic hydroxyl groups excluding tert-OH is 2. The minimum atomic E-state index is -4.97. The van der Waals surface area contributed by atoms with Crippen LogP contribution in [0.5, 0.6) is 0 Å². The number of allylic oxidation sites excluding steroid dienone is 34. The molecule has 4 N–H and O–H groups in total. The molecule has 5 unspecified atom stereocenters. The molecule has 0 aliphatic carbocycles. The lowest BCUT2D eigenvalue weighted by atomic mass is 10.0. The van der Waals surface area contributed by atoms with Gasteiger partial charge in [0.25, 0.3) is 0 Å². The molecule has 0 aliphatic rings. The van der Waals surface area contributed by atoms with Gasteiger partial charge in [0.1, 0.15) is 25.4 Å². The van der Waals surface area contributed by atoms with Gasteiger partial charge in [-0.05, 0) is 154 Å². The van der Waals surface area contributed by atoms with Gasteiger partial charge in [0.05, 0.1) is 26.4 Å². The molecular weight excluding hydrogens is 1390 g/mol. The lowest BCUT2D eigenvalue weighted by Gasteiger charge is -2.21. The summed E-state index contributed by atoms with van der Waals surface area (Å²) < 4.78 is 61.0. The highest BCUT2D eigenvalue weighted by atomic mass is 31.2. The van der Waals surface area contributed by atoms with Crippen molar-refractivity contribution in [1.82, 2.24) is 0 Å². The van der Waals surface area contributed by atoms with E-state index in [1.807, 2.05) is 18.2 Å². The van der Waals surface area contributed by atoms with Crippen molar-refractivity contribution >= 4 is 33.6 Å². The van der Waals surface area contributed by atoms with Gasteiger partial charge in [0, 0.05) is 19.3 Å². The molecule has 0 radical (unpaired) electrons. The summed E-state index contributed by atoms with van der Waals surface area (Å²) in [7, 11) is -9.85. The van der Waals surface area contributed by atoms with Gasteiger partial charge in [-0.1, -0.05) is 311 Å². The molecule has 0 aromatic heterocycles. The van der Waals surface area contributed by atoms with Crippen molar-refractivity contribution in [3.05, 3.63) is 207 Å². The summed E-state index contributed by atoms with van der Waals surface area (Å²) in [5, 5.41) is 20.7. The van der Waals surface area contributed by atoms with Crippen molar-refractivity contribution in [1.29, 1.82) is 0 Å². The van der Waals surface area contributed by atoms with Crippen LogP contribution in [-0.2, 0) is 55.8 Å². The van der Waals surface area contributed by atoms with E-state index < -0.39 is 91.5 Å². The highest BCUT2D eigenvalue weighted by molar-refractivity contribution is 7.47. The van der Waals surface area contributed by atoms with Gasteiger partial charge in [-0.3, -0.25) is 32.5 Å². The van der Waals surface area contributed by atoms with Crippen LogP contribution in [0.3, 0.4) is 0 Å². The van der Waals surface area contributed by atoms with Gasteiger partial charge in [-0.2, -0.15) is 0 Å². The van der Waals surface area contributed by atoms with Crippen LogP contribution in [0.15, 0.2) is 207 Å². The van der Waals surface area contributed by atoms with Crippen LogP contribution in [0.2, 0.25) is 0 Å². The molecule has 0 bridgehead atoms. The maximum absolute atomic E-state index is 13.0. The van der Waals surface area contributed by atoms with E-state index in [2.05, 4.69) is 209 Å². The number of rotatable bonds is 74. The van der Waals surface area contributed by atoms with Crippen molar-refractivity contribution in [2.24, 2.45) is 0 Å². The van der Waals surface area contributed by atoms with Crippen LogP contribution >= 0.6 is 15.6 Å². The monoisotopic (exact) mass is 1530 g/mol. The number of carbonyl (C=O) groups is 3. The Labute approximate surface area is 648 Å². The number of phosphoric ester groups is 2. The quantitative estimate of drug-likeness (QED) is 0.0146. The van der Waals surface area contributed by atoms with Crippen LogP contribution in [0.1, 0.15) is 278 Å². The standard InChI is InChI=1S/C89H142O16P2/c1-4-7-10-13-16-19-22-25-28-31-34-36-37-38-39-40-41-42-43-44-45-47-50-51-54-57-60-63-66-69-72-75-87(92)99-78-84(90)79-101-106(95,96)102-80-85(91)81-103-107(97,98)104-83-86(105-89(94)77-74-71-68-65-62-59-56-53-48-33-30-27-24-21-18-15-12-9-6-3)82-100-88(93)76-73-70-67-64-61-58-55-52-49-46-35-32-29-26-23-20-17-14-11-8-5-2/h7-12,16-21,25-30,34-36,38-39,46,48,52-53,55,59,61-62,64,68,71,84-86,90-91H,4-6,13-15,22-24,31-33,37,40-45,47,49-51,54,56-58,60,63,65-67,69-70,72-83H2,1-3H3,(H,95,96)(H,97,98)/b10-7-,11-8-,12-9-,19-16-,20-17-,21-18-,28-25-,29-26-,30-27-,36-34-,39-38-,46-35-,53-48-,55-52-,62-59-,64-61-,71-68-. The molecule has 0 aromatic carbocycles. The second-order valence-corrected chi connectivity index (χ2v) is 29.0. The van der Waals surface area contributed by atoms with Crippen molar-refractivity contribution in [3.63, 3.8) is 0 Å². The van der Waals surface area contributed by atoms with Crippen LogP contribution in [-0.4, -0.2) is 95.9 Å². The first-order chi connectivity index (χ1) is 52.2. The first-order valence-electron chi connectivity index (χ1n) is 40.4. The molecule has 0 saturated heterocycles. The number of ether oxygens (including phenoxy) is 3. The second-order valence-electron chi connectivity index (χ2n) is 26.1. The number of phosphoric acid groups is 2. The highest BCUT2D eigenvalue weighted by Crippen LogP contribution is 2.45. The lowest BCUT2D eigenvalue weighted by Crippen LogP contribution is -2.29. The summed E-state index contributed by atoms with van der Waals surface area (Å²) in [5.74, 6) is -1.74. The van der Waals surface area contributed by atoms with E-state index in [0.717, 1.165) is 135 Å². The predicted molar refractivity (Wildman–Crippen MR) is 444 cm³/mol. The Bertz CT molecular complexity index is 2770. The van der Waals surface area contributed by atoms with E-state index in [-0.39, 0.29) is 19.3 Å². The fourth-order valence-electron chi connectivity index (χ4n) is 9.98. The number of hydrogen-bond donors (Lipinski definition) is 4. The van der Waals surface area contributed by atoms with E-state index in [0.29, 0.717) is 25.7 Å². The van der Waals surface area contributed by atoms with Crippen molar-refractivity contribution in [2.45, 2.75) is 296 Å². The maximum Gasteiger partial charge on any atom is 0.472 e. The first-order valence-corrected chi connectivity index (χ1v) is 43.4. The smallest absolute Gasteiger partial charge is 0.463 e. The highest BCUT2D eigenvalue weighted by Gasteiger charge is 2.29. The van der Waals surface area contributed by atoms with Crippen LogP contribution in [0.25, 0.3) is 0 Å². The zero-order valence-corrected chi connectivity index (χ0v) is 67.8. The molecule has 0 rings (SSSR count). The zero-order chi connectivity index (χ0) is 78.0. The normalized spacial score (nSPS) is 15.0. The molecule has 5 atom stereocenters. The summed E-state index contributed by atoms with van der Waals surface area (Å²) >= 11 is 0. The Kier molecular flexibility index (Phi) is 75.3. The molecule has 0 aliphatic heterocycles. The van der Waals surface area contributed by atoms with Crippen LogP contribution < -0.4 is 0 Å². The molecule has 18 heteroatoms. The van der Waals surface area contributed by atoms with Crippen LogP contribution in [0, 0.1) is 0 Å². The van der Waals surface area contributed by atoms with Crippen molar-refractivity contribution < 1.29 is 75.8 Å². The number of esters is 3. The fraction of sp³-hybridized carbons (Fsp3) is 0.584. The fourth-order valence-corrected chi connectivity index (χ4v) is 11.6. The third-order valence-electron chi connectivity index (χ3n) is 16.0. The second kappa shape index (κ2) is 79.7. The van der Waals surface area contributed by atoms with Gasteiger partial charge in [-0.15, -0.1) is 0 Å². The molecule has 16 nitrogen and oxygen atoms in total. The molecule has 604 valence electrons. The minimum Gasteiger partial charge on any atom is -0.463 e. The van der Waals surface area contributed by atoms with Gasteiger partial charge < -0.3 is 34.2 Å². The Balaban J connectivity index is 4.65. The third kappa shape index (κ3) is 81.0. The van der Waals surface area contributed by atoms with Gasteiger partial charge >= 0.3 is 33.6 Å². The Morgan fingerprint density at radius 2 is 0.486 bits per heavy atom. The van der Waals surface area contributed by atoms with Crippen molar-refractivity contribution in [3.8, 4) is 0 Å². The first kappa shape index (κ1) is 101. The summed E-state index contributed by atoms with van der Waals surface area (Å²) in [6.07, 6.45) is 106. The average Bonchev–Trinajstić information content (AvgIpc) is 0.928. The SMILES string of the molecule is CC/C=C\C/C=C\C/C=C\C/C=C\C/C=C\C/C=C\CCCCC(=O)OCC(COP(=O)(O)OCC(O)COP(=O)(O)OCC(O)COC(=O)CCCCCCCCCCCCCCCCC/C=C\C/C=C\C/C=C\C/C=C\C/C=C\CC)OC(=O)CC/C=C\C/C=C\C/C=C\C/C=C\C/C=C\C/C=C\CC. The minimum absolute atomic E-state index is 0.0391. The van der Waals surface area contributed by atoms with Gasteiger partial charge in [-0.25, -0.2) is 9.13 Å². The molecule has 0 spiro atoms. The summed E-state index contributed by atoms with van der Waals surface area (Å²) in [4.78, 5) is 58.7. The van der Waals surface area contributed by atoms with Gasteiger partial charge in [0.15, 0.2) is 6.10 Å². The molecule has 0 saturated carbocycles. The van der Waals surface area contributed by atoms with Crippen LogP contribution in [0.4, 0.5) is 0 Å². The summed E-state index contributed by atoms with van der Waals surface area (Å²) in [6, 6.07) is 0. The Morgan fingerprint density at radius 1 is 0.262 bits per heavy atom. The average molecular weight is 1530 g/mol. The van der Waals surface area contributed by atoms with E-state index in [1.54, 1.807) is 0 Å². The van der Waals surface area contributed by atoms with E-state index >= 15 is 0 Å². The summed E-state index contributed by atoms with van der Waals surface area (Å²) in [5.41, 5.74) is 0. The Hall–Kier alpha value is -5.87. The van der Waals surface area contributed by atoms with E-state index in [9.17, 15) is 43.5 Å². The molecule has 0 amide bonds. The molecule has 0 aromatic rings. The summed E-state index contributed by atoms with van der Waals surface area (Å²) in [6.45, 7) is 2.17.